The average Bonchev–Trinajstić information content (AvgIpc) is 2.87. The second-order valence-electron chi connectivity index (χ2n) is 7.81. The number of halogens is 2. The molecule has 1 atom stereocenters. The fourth-order valence-corrected chi connectivity index (χ4v) is 3.95. The van der Waals surface area contributed by atoms with Crippen molar-refractivity contribution in [2.24, 2.45) is 0 Å². The van der Waals surface area contributed by atoms with Gasteiger partial charge in [0.15, 0.2) is 0 Å². The summed E-state index contributed by atoms with van der Waals surface area (Å²) in [5.74, 6) is -1.07. The molecule has 0 aliphatic carbocycles. The molecule has 0 bridgehead atoms. The molecule has 11 heteroatoms. The molecule has 2 aromatic heterocycles. The van der Waals surface area contributed by atoms with Crippen molar-refractivity contribution in [3.05, 3.63) is 91.8 Å². The highest BCUT2D eigenvalue weighted by Gasteiger charge is 2.18. The lowest BCUT2D eigenvalue weighted by Gasteiger charge is -2.18. The number of aromatic amines is 1. The number of carbonyl (C=O) groups excluding carboxylic acids is 2. The second-order valence-corrected chi connectivity index (χ2v) is 8.65. The number of nitrogens with one attached hydrogen (secondary N) is 3. The smallest absolute Gasteiger partial charge is 0.318 e. The molecule has 0 radical (unpaired) electrons. The van der Waals surface area contributed by atoms with E-state index in [9.17, 15) is 14.4 Å². The molecule has 0 saturated carbocycles. The molecule has 0 fully saturated rings. The van der Waals surface area contributed by atoms with E-state index < -0.39 is 11.5 Å². The van der Waals surface area contributed by atoms with Gasteiger partial charge in [0, 0.05) is 22.2 Å². The Morgan fingerprint density at radius 1 is 1.11 bits per heavy atom. The summed E-state index contributed by atoms with van der Waals surface area (Å²) in [7, 11) is 1.40. The Morgan fingerprint density at radius 2 is 1.92 bits per heavy atom. The van der Waals surface area contributed by atoms with Crippen molar-refractivity contribution in [2.75, 3.05) is 12.4 Å². The van der Waals surface area contributed by atoms with Crippen molar-refractivity contribution in [3.63, 3.8) is 0 Å². The molecule has 2 heterocycles. The van der Waals surface area contributed by atoms with Crippen LogP contribution in [-0.2, 0) is 0 Å². The van der Waals surface area contributed by atoms with E-state index in [0.717, 1.165) is 5.56 Å². The van der Waals surface area contributed by atoms with Crippen molar-refractivity contribution in [2.45, 2.75) is 19.4 Å². The predicted octanol–water partition coefficient (Wildman–Crippen LogP) is 4.77. The molecule has 0 aliphatic rings. The number of hydrogen-bond donors (Lipinski definition) is 3. The van der Waals surface area contributed by atoms with E-state index in [4.69, 9.17) is 27.9 Å². The zero-order valence-electron chi connectivity index (χ0n) is 19.3. The zero-order chi connectivity index (χ0) is 25.8. The Bertz CT molecular complexity index is 1520. The van der Waals surface area contributed by atoms with Crippen LogP contribution in [0.3, 0.4) is 0 Å². The maximum Gasteiger partial charge on any atom is 0.318 e. The van der Waals surface area contributed by atoms with Crippen LogP contribution in [0.25, 0.3) is 11.0 Å². The van der Waals surface area contributed by atoms with Crippen molar-refractivity contribution in [1.29, 1.82) is 0 Å². The summed E-state index contributed by atoms with van der Waals surface area (Å²) in [6.45, 7) is 1.95. The Morgan fingerprint density at radius 3 is 2.64 bits per heavy atom. The predicted molar refractivity (Wildman–Crippen MR) is 138 cm³/mol. The number of hydrogen-bond acceptors (Lipinski definition) is 6. The first kappa shape index (κ1) is 25.2. The summed E-state index contributed by atoms with van der Waals surface area (Å²) in [4.78, 5) is 49.0. The number of H-pyrrole nitrogens is 1. The standard InChI is InChI=1S/C25H21Cl2N5O4/c1-3-19(13-5-4-6-16(26)9-13)29-22(33)14-7-8-18(27)20(11-14)30-23(34)17-10-15-12-28-25(36-2)32-21(15)31-24(17)35/h4-12,19H,3H2,1-2H3,(H,29,33)(H,30,34)(H,28,31,32,35). The van der Waals surface area contributed by atoms with Gasteiger partial charge in [-0.25, -0.2) is 4.98 Å². The van der Waals surface area contributed by atoms with Crippen LogP contribution < -0.4 is 20.9 Å². The normalized spacial score (nSPS) is 11.7. The van der Waals surface area contributed by atoms with Crippen molar-refractivity contribution >= 4 is 51.7 Å². The molecule has 3 N–H and O–H groups in total. The Balaban J connectivity index is 1.56. The van der Waals surface area contributed by atoms with Crippen LogP contribution in [0.1, 0.15) is 45.7 Å². The second kappa shape index (κ2) is 10.8. The van der Waals surface area contributed by atoms with E-state index in [0.29, 0.717) is 16.8 Å². The highest BCUT2D eigenvalue weighted by molar-refractivity contribution is 6.34. The van der Waals surface area contributed by atoms with Gasteiger partial charge in [-0.15, -0.1) is 0 Å². The zero-order valence-corrected chi connectivity index (χ0v) is 20.8. The van der Waals surface area contributed by atoms with Crippen molar-refractivity contribution in [3.8, 4) is 6.01 Å². The molecular formula is C25H21Cl2N5O4. The lowest BCUT2D eigenvalue weighted by atomic mass is 10.0. The van der Waals surface area contributed by atoms with Gasteiger partial charge in [-0.2, -0.15) is 4.98 Å². The number of fused-ring (bicyclic) bond motifs is 1. The number of ether oxygens (including phenoxy) is 1. The number of aromatic nitrogens is 3. The number of methoxy groups -OCH3 is 1. The van der Waals surface area contributed by atoms with Crippen LogP contribution in [0.5, 0.6) is 6.01 Å². The minimum atomic E-state index is -0.709. The molecule has 0 spiro atoms. The van der Waals surface area contributed by atoms with Crippen LogP contribution in [0.4, 0.5) is 5.69 Å². The summed E-state index contributed by atoms with van der Waals surface area (Å²) in [5.41, 5.74) is 0.731. The van der Waals surface area contributed by atoms with E-state index in [2.05, 4.69) is 25.6 Å². The van der Waals surface area contributed by atoms with Crippen LogP contribution in [0.2, 0.25) is 10.0 Å². The van der Waals surface area contributed by atoms with E-state index >= 15 is 0 Å². The maximum atomic E-state index is 13.0. The summed E-state index contributed by atoms with van der Waals surface area (Å²) < 4.78 is 4.95. The highest BCUT2D eigenvalue weighted by atomic mass is 35.5. The number of nitrogens with zero attached hydrogens (tertiary/aromatic N) is 2. The highest BCUT2D eigenvalue weighted by Crippen LogP contribution is 2.25. The number of rotatable bonds is 7. The van der Waals surface area contributed by atoms with Crippen LogP contribution in [-0.4, -0.2) is 33.9 Å². The van der Waals surface area contributed by atoms with Gasteiger partial charge in [-0.05, 0) is 48.4 Å². The first-order chi connectivity index (χ1) is 17.3. The molecule has 2 amide bonds. The molecule has 0 aliphatic heterocycles. The van der Waals surface area contributed by atoms with Crippen molar-refractivity contribution in [1.82, 2.24) is 20.3 Å². The summed E-state index contributed by atoms with van der Waals surface area (Å²) in [6, 6.07) is 12.9. The number of amides is 2. The largest absolute Gasteiger partial charge is 0.467 e. The van der Waals surface area contributed by atoms with Gasteiger partial charge in [0.05, 0.1) is 23.9 Å². The monoisotopic (exact) mass is 525 g/mol. The van der Waals surface area contributed by atoms with Gasteiger partial charge in [0.1, 0.15) is 11.2 Å². The molecule has 2 aromatic carbocycles. The molecule has 9 nitrogen and oxygen atoms in total. The third kappa shape index (κ3) is 5.48. The third-order valence-corrected chi connectivity index (χ3v) is 6.00. The number of carbonyl (C=O) groups is 2. The first-order valence-electron chi connectivity index (χ1n) is 10.9. The fraction of sp³-hybridized carbons (Fsp3) is 0.160. The maximum absolute atomic E-state index is 13.0. The van der Waals surface area contributed by atoms with Gasteiger partial charge in [-0.3, -0.25) is 14.4 Å². The summed E-state index contributed by atoms with van der Waals surface area (Å²) in [5, 5.41) is 6.78. The summed E-state index contributed by atoms with van der Waals surface area (Å²) in [6.07, 6.45) is 2.07. The molecule has 36 heavy (non-hydrogen) atoms. The van der Waals surface area contributed by atoms with Gasteiger partial charge < -0.3 is 20.4 Å². The Kier molecular flexibility index (Phi) is 7.52. The molecule has 184 valence electrons. The minimum Gasteiger partial charge on any atom is -0.467 e. The lowest BCUT2D eigenvalue weighted by Crippen LogP contribution is -2.28. The molecule has 0 saturated heterocycles. The number of benzene rings is 2. The van der Waals surface area contributed by atoms with Crippen molar-refractivity contribution < 1.29 is 14.3 Å². The molecule has 4 aromatic rings. The minimum absolute atomic E-state index is 0.0814. The fourth-order valence-electron chi connectivity index (χ4n) is 3.58. The summed E-state index contributed by atoms with van der Waals surface area (Å²) >= 11 is 12.4. The Labute approximate surface area is 215 Å². The van der Waals surface area contributed by atoms with Gasteiger partial charge >= 0.3 is 6.01 Å². The number of pyridine rings is 1. The van der Waals surface area contributed by atoms with Gasteiger partial charge in [0.25, 0.3) is 17.4 Å². The van der Waals surface area contributed by atoms with E-state index in [1.165, 1.54) is 31.5 Å². The first-order valence-corrected chi connectivity index (χ1v) is 11.7. The van der Waals surface area contributed by atoms with Crippen LogP contribution >= 0.6 is 23.2 Å². The van der Waals surface area contributed by atoms with E-state index in [1.54, 1.807) is 18.2 Å². The number of anilines is 1. The Hall–Kier alpha value is -3.95. The van der Waals surface area contributed by atoms with E-state index in [-0.39, 0.29) is 45.4 Å². The molecule has 4 rings (SSSR count). The van der Waals surface area contributed by atoms with Crippen LogP contribution in [0, 0.1) is 0 Å². The third-order valence-electron chi connectivity index (χ3n) is 5.44. The molecule has 1 unspecified atom stereocenters. The average molecular weight is 526 g/mol. The lowest BCUT2D eigenvalue weighted by molar-refractivity contribution is 0.0934. The van der Waals surface area contributed by atoms with E-state index in [1.807, 2.05) is 19.1 Å². The molecular weight excluding hydrogens is 505 g/mol. The quantitative estimate of drug-likeness (QED) is 0.319. The van der Waals surface area contributed by atoms with Gasteiger partial charge in [-0.1, -0.05) is 42.3 Å². The van der Waals surface area contributed by atoms with Crippen LogP contribution in [0.15, 0.2) is 59.5 Å². The topological polar surface area (TPSA) is 126 Å². The SMILES string of the molecule is CCC(NC(=O)c1ccc(Cl)c(NC(=O)c2cc3cnc(OC)nc3[nH]c2=O)c1)c1cccc(Cl)c1. The van der Waals surface area contributed by atoms with Gasteiger partial charge in [0.2, 0.25) is 0 Å².